The molecule has 45 heavy (non-hydrogen) atoms. The Labute approximate surface area is 256 Å². The lowest BCUT2D eigenvalue weighted by Gasteiger charge is -2.24. The monoisotopic (exact) mass is 625 g/mol. The number of aromatic nitrogens is 1. The maximum absolute atomic E-state index is 14.6. The molecule has 2 amide bonds. The summed E-state index contributed by atoms with van der Waals surface area (Å²) in [5.41, 5.74) is 6.20. The Hall–Kier alpha value is -4.45. The number of carbonyl (C=O) groups excluding carboxylic acids is 2. The van der Waals surface area contributed by atoms with Crippen LogP contribution in [0, 0.1) is 5.82 Å². The first kappa shape index (κ1) is 30.6. The molecule has 236 valence electrons. The summed E-state index contributed by atoms with van der Waals surface area (Å²) in [6.07, 6.45) is -0.403. The van der Waals surface area contributed by atoms with Crippen LogP contribution >= 0.6 is 0 Å². The van der Waals surface area contributed by atoms with Gasteiger partial charge in [0.25, 0.3) is 5.91 Å². The molecule has 2 aromatic carbocycles. The Morgan fingerprint density at radius 3 is 2.56 bits per heavy atom. The van der Waals surface area contributed by atoms with Crippen LogP contribution < -0.4 is 20.5 Å². The van der Waals surface area contributed by atoms with Crippen LogP contribution in [-0.2, 0) is 14.9 Å². The van der Waals surface area contributed by atoms with E-state index in [0.717, 1.165) is 42.2 Å². The highest BCUT2D eigenvalue weighted by molar-refractivity contribution is 5.95. The van der Waals surface area contributed by atoms with Crippen LogP contribution in [0.25, 0.3) is 16.8 Å². The predicted octanol–water partition coefficient (Wildman–Crippen LogP) is 5.44. The lowest BCUT2D eigenvalue weighted by molar-refractivity contribution is -0.149. The van der Waals surface area contributed by atoms with Crippen LogP contribution in [0.5, 0.6) is 11.5 Å². The molecular formula is C33H31F4N3O5. The Morgan fingerprint density at radius 2 is 1.91 bits per heavy atom. The number of amides is 2. The maximum Gasteiger partial charge on any atom is 0.398 e. The number of alkyl halides is 3. The zero-order chi connectivity index (χ0) is 31.9. The average Bonchev–Trinajstić information content (AvgIpc) is 3.77. The topological polar surface area (TPSA) is 113 Å². The number of nitrogens with zero attached hydrogens (tertiary/aromatic N) is 1. The number of pyridine rings is 1. The fourth-order valence-corrected chi connectivity index (χ4v) is 5.44. The smallest absolute Gasteiger partial charge is 0.398 e. The minimum atomic E-state index is -4.84. The van der Waals surface area contributed by atoms with Gasteiger partial charge in [-0.05, 0) is 74.2 Å². The lowest BCUT2D eigenvalue weighted by Crippen LogP contribution is -2.40. The number of primary amides is 1. The first-order valence-corrected chi connectivity index (χ1v) is 14.6. The van der Waals surface area contributed by atoms with E-state index in [1.165, 1.54) is 19.1 Å². The van der Waals surface area contributed by atoms with Gasteiger partial charge in [-0.1, -0.05) is 12.1 Å². The zero-order valence-corrected chi connectivity index (χ0v) is 24.4. The number of nitrogens with one attached hydrogen (secondary N) is 1. The van der Waals surface area contributed by atoms with Gasteiger partial charge in [0.15, 0.2) is 0 Å². The first-order chi connectivity index (χ1) is 21.4. The molecule has 2 aliphatic heterocycles. The fourth-order valence-electron chi connectivity index (χ4n) is 5.44. The summed E-state index contributed by atoms with van der Waals surface area (Å²) in [6.45, 7) is 1.46. The van der Waals surface area contributed by atoms with Crippen molar-refractivity contribution in [3.05, 3.63) is 82.8 Å². The van der Waals surface area contributed by atoms with Crippen molar-refractivity contribution < 1.29 is 41.4 Å². The van der Waals surface area contributed by atoms with Gasteiger partial charge >= 0.3 is 6.18 Å². The number of hydrogen-bond donors (Lipinski definition) is 2. The molecular weight excluding hydrogens is 594 g/mol. The highest BCUT2D eigenvalue weighted by Gasteiger charge is 2.47. The largest absolute Gasteiger partial charge is 0.490 e. The number of hydrogen-bond acceptors (Lipinski definition) is 6. The molecule has 8 nitrogen and oxygen atoms in total. The molecule has 0 saturated heterocycles. The second kappa shape index (κ2) is 11.8. The SMILES string of the molecule is C[C@]1(C(N)=O)COc2c1cc([C@@H](CNC(=O)c1ccc(C3=CCOCC3)c(OC3CC3)c1)C(F)(F)F)nc2-c1ccc(F)cc1. The zero-order valence-electron chi connectivity index (χ0n) is 24.4. The van der Waals surface area contributed by atoms with Crippen molar-refractivity contribution in [2.45, 2.75) is 49.8 Å². The van der Waals surface area contributed by atoms with Crippen LogP contribution in [0.4, 0.5) is 17.6 Å². The van der Waals surface area contributed by atoms with Crippen LogP contribution in [0.2, 0.25) is 0 Å². The van der Waals surface area contributed by atoms with Gasteiger partial charge in [0.05, 0.1) is 25.0 Å². The summed E-state index contributed by atoms with van der Waals surface area (Å²) in [7, 11) is 0. The number of halogens is 4. The van der Waals surface area contributed by atoms with Gasteiger partial charge in [-0.15, -0.1) is 0 Å². The summed E-state index contributed by atoms with van der Waals surface area (Å²) in [6, 6.07) is 11.0. The van der Waals surface area contributed by atoms with Gasteiger partial charge in [0, 0.05) is 28.8 Å². The van der Waals surface area contributed by atoms with Crippen LogP contribution in [-0.4, -0.2) is 55.4 Å². The number of benzene rings is 2. The standard InChI is InChI=1S/C33H31F4N3O5/c1-32(31(38)42)17-44-29-24(32)15-26(40-28(29)19-2-5-21(34)6-3-19)25(33(35,36)37)16-39-30(41)20-4-9-23(18-10-12-43-13-11-18)27(14-20)45-22-7-8-22/h2-6,9-10,14-15,22,25H,7-8,11-13,16-17H2,1H3,(H2,38,42)(H,39,41)/t25-,32+/m1/s1. The van der Waals surface area contributed by atoms with Gasteiger partial charge in [0.2, 0.25) is 5.91 Å². The summed E-state index contributed by atoms with van der Waals surface area (Å²) >= 11 is 0. The second-order valence-corrected chi connectivity index (χ2v) is 11.7. The van der Waals surface area contributed by atoms with Crippen molar-refractivity contribution in [1.29, 1.82) is 0 Å². The molecule has 3 aliphatic rings. The van der Waals surface area contributed by atoms with Crippen LogP contribution in [0.1, 0.15) is 59.3 Å². The van der Waals surface area contributed by atoms with E-state index in [9.17, 15) is 27.2 Å². The summed E-state index contributed by atoms with van der Waals surface area (Å²) in [5.74, 6) is -3.71. The molecule has 1 saturated carbocycles. The molecule has 1 aliphatic carbocycles. The van der Waals surface area contributed by atoms with Crippen molar-refractivity contribution >= 4 is 17.4 Å². The molecule has 12 heteroatoms. The van der Waals surface area contributed by atoms with Gasteiger partial charge in [-0.25, -0.2) is 9.37 Å². The van der Waals surface area contributed by atoms with E-state index < -0.39 is 47.4 Å². The number of fused-ring (bicyclic) bond motifs is 1. The average molecular weight is 626 g/mol. The van der Waals surface area contributed by atoms with Gasteiger partial charge in [-0.2, -0.15) is 13.2 Å². The molecule has 3 N–H and O–H groups in total. The first-order valence-electron chi connectivity index (χ1n) is 14.6. The summed E-state index contributed by atoms with van der Waals surface area (Å²) < 4.78 is 74.7. The third-order valence-electron chi connectivity index (χ3n) is 8.34. The highest BCUT2D eigenvalue weighted by atomic mass is 19.4. The van der Waals surface area contributed by atoms with E-state index in [-0.39, 0.29) is 40.8 Å². The van der Waals surface area contributed by atoms with Crippen molar-refractivity contribution in [2.75, 3.05) is 26.4 Å². The summed E-state index contributed by atoms with van der Waals surface area (Å²) in [5, 5.41) is 2.42. The van der Waals surface area contributed by atoms with Crippen LogP contribution in [0.15, 0.2) is 54.6 Å². The molecule has 0 spiro atoms. The number of rotatable bonds is 9. The Balaban J connectivity index is 1.32. The fraction of sp³-hybridized carbons (Fsp3) is 0.364. The van der Waals surface area contributed by atoms with E-state index >= 15 is 0 Å². The van der Waals surface area contributed by atoms with E-state index in [1.54, 1.807) is 18.2 Å². The Morgan fingerprint density at radius 1 is 1.16 bits per heavy atom. The molecule has 3 heterocycles. The van der Waals surface area contributed by atoms with E-state index in [1.807, 2.05) is 6.08 Å². The molecule has 0 unspecified atom stereocenters. The molecule has 2 atom stereocenters. The van der Waals surface area contributed by atoms with Crippen molar-refractivity contribution in [1.82, 2.24) is 10.3 Å². The minimum Gasteiger partial charge on any atom is -0.490 e. The molecule has 6 rings (SSSR count). The van der Waals surface area contributed by atoms with E-state index in [0.29, 0.717) is 25.4 Å². The molecule has 1 fully saturated rings. The third-order valence-corrected chi connectivity index (χ3v) is 8.34. The molecule has 3 aromatic rings. The van der Waals surface area contributed by atoms with Crippen LogP contribution in [0.3, 0.4) is 0 Å². The summed E-state index contributed by atoms with van der Waals surface area (Å²) in [4.78, 5) is 30.0. The van der Waals surface area contributed by atoms with E-state index in [4.69, 9.17) is 19.9 Å². The van der Waals surface area contributed by atoms with Gasteiger partial charge in [-0.3, -0.25) is 9.59 Å². The third kappa shape index (κ3) is 6.24. The number of ether oxygens (including phenoxy) is 3. The van der Waals surface area contributed by atoms with Crippen molar-refractivity contribution in [3.63, 3.8) is 0 Å². The predicted molar refractivity (Wildman–Crippen MR) is 156 cm³/mol. The number of nitrogens with two attached hydrogens (primary N) is 1. The Kier molecular flexibility index (Phi) is 8.02. The van der Waals surface area contributed by atoms with E-state index in [2.05, 4.69) is 10.3 Å². The van der Waals surface area contributed by atoms with Crippen molar-refractivity contribution in [3.8, 4) is 22.8 Å². The quantitative estimate of drug-likeness (QED) is 0.306. The number of carbonyl (C=O) groups is 2. The normalized spacial score (nSPS) is 20.1. The molecule has 1 aromatic heterocycles. The lowest BCUT2D eigenvalue weighted by atomic mass is 9.82. The maximum atomic E-state index is 14.6. The molecule has 0 radical (unpaired) electrons. The van der Waals surface area contributed by atoms with Gasteiger partial charge in [0.1, 0.15) is 40.9 Å². The highest BCUT2D eigenvalue weighted by Crippen LogP contribution is 2.46. The Bertz CT molecular complexity index is 1670. The van der Waals surface area contributed by atoms with Gasteiger partial charge < -0.3 is 25.3 Å². The molecule has 0 bridgehead atoms. The van der Waals surface area contributed by atoms with Crippen molar-refractivity contribution in [2.24, 2.45) is 5.73 Å². The minimum absolute atomic E-state index is 0.00734. The second-order valence-electron chi connectivity index (χ2n) is 11.7.